The monoisotopic (exact) mass is 450 g/mol. The first-order chi connectivity index (χ1) is 15.8. The smallest absolute Gasteiger partial charge is 0.227 e. The van der Waals surface area contributed by atoms with E-state index in [1.165, 1.54) is 89.4 Å². The summed E-state index contributed by atoms with van der Waals surface area (Å²) < 4.78 is 22.3. The van der Waals surface area contributed by atoms with Crippen molar-refractivity contribution in [2.24, 2.45) is 0 Å². The Kier molecular flexibility index (Phi) is 15.3. The van der Waals surface area contributed by atoms with E-state index in [1.807, 2.05) is 0 Å². The molecule has 0 aromatic carbocycles. The first-order valence-corrected chi connectivity index (χ1v) is 13.3. The van der Waals surface area contributed by atoms with Crippen molar-refractivity contribution in [1.82, 2.24) is 0 Å². The topological polar surface area (TPSA) is 57.9 Å². The number of unbranched alkanes of at least 4 members (excludes halogenated alkanes) is 13. The second kappa shape index (κ2) is 18.1. The average Bonchev–Trinajstić information content (AvgIpc) is 2.82. The molecule has 0 aliphatic carbocycles. The van der Waals surface area contributed by atoms with E-state index in [9.17, 15) is 4.79 Å². The summed E-state index contributed by atoms with van der Waals surface area (Å²) in [4.78, 5) is 12.2. The molecule has 0 N–H and O–H groups in total. The predicted octanol–water partition coefficient (Wildman–Crippen LogP) is 7.54. The van der Waals surface area contributed by atoms with Crippen LogP contribution in [0.2, 0.25) is 0 Å². The zero-order chi connectivity index (χ0) is 22.7. The van der Waals surface area contributed by atoms with Gasteiger partial charge in [-0.3, -0.25) is 4.79 Å². The van der Waals surface area contributed by atoms with Crippen molar-refractivity contribution < 1.29 is 18.6 Å². The van der Waals surface area contributed by atoms with E-state index >= 15 is 0 Å². The molecule has 1 aliphatic heterocycles. The molecule has 0 spiro atoms. The van der Waals surface area contributed by atoms with Crippen molar-refractivity contribution in [3.8, 4) is 5.75 Å². The van der Waals surface area contributed by atoms with Crippen LogP contribution in [0.3, 0.4) is 0 Å². The molecular formula is C27H46O5. The molecule has 0 saturated carbocycles. The molecule has 1 aliphatic rings. The van der Waals surface area contributed by atoms with Crippen LogP contribution >= 0.6 is 0 Å². The van der Waals surface area contributed by atoms with Crippen LogP contribution in [0.15, 0.2) is 21.5 Å². The highest BCUT2D eigenvalue weighted by Crippen LogP contribution is 2.16. The molecule has 0 amide bonds. The lowest BCUT2D eigenvalue weighted by molar-refractivity contribution is -0.171. The standard InChI is InChI=1S/C27H46O5/c1-2-3-4-5-6-7-8-9-10-11-12-13-14-16-19-29-26-23-31-24(21-25(26)28)22-32-27-18-15-17-20-30-27/h21,23,27H,2-20,22H2,1H3. The lowest BCUT2D eigenvalue weighted by atomic mass is 10.0. The third-order valence-electron chi connectivity index (χ3n) is 6.16. The number of ether oxygens (including phenoxy) is 3. The Labute approximate surface area is 195 Å². The third kappa shape index (κ3) is 12.6. The van der Waals surface area contributed by atoms with Gasteiger partial charge in [-0.05, 0) is 25.7 Å². The van der Waals surface area contributed by atoms with E-state index < -0.39 is 0 Å². The van der Waals surface area contributed by atoms with Crippen molar-refractivity contribution in [2.75, 3.05) is 13.2 Å². The van der Waals surface area contributed by atoms with E-state index in [-0.39, 0.29) is 24.1 Å². The molecule has 5 nitrogen and oxygen atoms in total. The van der Waals surface area contributed by atoms with Gasteiger partial charge in [0.1, 0.15) is 18.6 Å². The average molecular weight is 451 g/mol. The summed E-state index contributed by atoms with van der Waals surface area (Å²) in [5.41, 5.74) is -0.148. The lowest BCUT2D eigenvalue weighted by Gasteiger charge is -2.22. The maximum atomic E-state index is 12.2. The van der Waals surface area contributed by atoms with Crippen LogP contribution in [0.4, 0.5) is 0 Å². The van der Waals surface area contributed by atoms with E-state index in [0.29, 0.717) is 12.4 Å². The maximum Gasteiger partial charge on any atom is 0.227 e. The lowest BCUT2D eigenvalue weighted by Crippen LogP contribution is -2.22. The Bertz CT molecular complexity index is 621. The molecule has 1 saturated heterocycles. The second-order valence-corrected chi connectivity index (χ2v) is 9.13. The molecule has 184 valence electrons. The predicted molar refractivity (Wildman–Crippen MR) is 129 cm³/mol. The van der Waals surface area contributed by atoms with Gasteiger partial charge in [-0.2, -0.15) is 0 Å². The molecule has 0 bridgehead atoms. The Balaban J connectivity index is 1.41. The number of rotatable bonds is 19. The van der Waals surface area contributed by atoms with Gasteiger partial charge in [0.25, 0.3) is 0 Å². The molecule has 1 aromatic rings. The Morgan fingerprint density at radius 3 is 2.06 bits per heavy atom. The molecule has 1 fully saturated rings. The van der Waals surface area contributed by atoms with Crippen molar-refractivity contribution in [1.29, 1.82) is 0 Å². The minimum Gasteiger partial charge on any atom is -0.487 e. The van der Waals surface area contributed by atoms with Crippen LogP contribution in [-0.2, 0) is 16.1 Å². The molecule has 2 rings (SSSR count). The molecule has 1 unspecified atom stereocenters. The first-order valence-electron chi connectivity index (χ1n) is 13.3. The molecule has 5 heteroatoms. The van der Waals surface area contributed by atoms with Crippen LogP contribution in [0, 0.1) is 0 Å². The van der Waals surface area contributed by atoms with Crippen LogP contribution in [-0.4, -0.2) is 19.5 Å². The Morgan fingerprint density at radius 2 is 1.50 bits per heavy atom. The first kappa shape index (κ1) is 26.9. The molecule has 1 aromatic heterocycles. The van der Waals surface area contributed by atoms with Crippen molar-refractivity contribution in [2.45, 2.75) is 129 Å². The van der Waals surface area contributed by atoms with E-state index in [0.717, 1.165) is 38.7 Å². The van der Waals surface area contributed by atoms with E-state index in [4.69, 9.17) is 18.6 Å². The number of hydrogen-bond donors (Lipinski definition) is 0. The Hall–Kier alpha value is -1.33. The normalized spacial score (nSPS) is 16.3. The van der Waals surface area contributed by atoms with Gasteiger partial charge in [0, 0.05) is 12.7 Å². The third-order valence-corrected chi connectivity index (χ3v) is 6.16. The van der Waals surface area contributed by atoms with Gasteiger partial charge >= 0.3 is 0 Å². The van der Waals surface area contributed by atoms with Crippen molar-refractivity contribution in [3.05, 3.63) is 28.3 Å². The highest BCUT2D eigenvalue weighted by molar-refractivity contribution is 5.17. The molecule has 2 heterocycles. The summed E-state index contributed by atoms with van der Waals surface area (Å²) in [6, 6.07) is 1.46. The molecular weight excluding hydrogens is 404 g/mol. The van der Waals surface area contributed by atoms with Gasteiger partial charge in [-0.25, -0.2) is 0 Å². The van der Waals surface area contributed by atoms with Gasteiger partial charge in [0.15, 0.2) is 6.29 Å². The quantitative estimate of drug-likeness (QED) is 0.204. The van der Waals surface area contributed by atoms with Gasteiger partial charge in [-0.15, -0.1) is 0 Å². The minimum absolute atomic E-state index is 0.148. The summed E-state index contributed by atoms with van der Waals surface area (Å²) >= 11 is 0. The van der Waals surface area contributed by atoms with E-state index in [1.54, 1.807) is 0 Å². The summed E-state index contributed by atoms with van der Waals surface area (Å²) in [5.74, 6) is 0.797. The fourth-order valence-corrected chi connectivity index (χ4v) is 4.12. The van der Waals surface area contributed by atoms with Crippen LogP contribution in [0.25, 0.3) is 0 Å². The summed E-state index contributed by atoms with van der Waals surface area (Å²) in [6.45, 7) is 3.82. The van der Waals surface area contributed by atoms with Crippen LogP contribution in [0.5, 0.6) is 5.75 Å². The van der Waals surface area contributed by atoms with Gasteiger partial charge in [0.2, 0.25) is 11.2 Å². The number of hydrogen-bond acceptors (Lipinski definition) is 5. The minimum atomic E-state index is -0.190. The maximum absolute atomic E-state index is 12.2. The largest absolute Gasteiger partial charge is 0.487 e. The molecule has 0 radical (unpaired) electrons. The van der Waals surface area contributed by atoms with Gasteiger partial charge in [-0.1, -0.05) is 90.4 Å². The van der Waals surface area contributed by atoms with Crippen LogP contribution < -0.4 is 10.2 Å². The van der Waals surface area contributed by atoms with Crippen molar-refractivity contribution >= 4 is 0 Å². The van der Waals surface area contributed by atoms with Crippen LogP contribution in [0.1, 0.15) is 122 Å². The Morgan fingerprint density at radius 1 is 0.875 bits per heavy atom. The fraction of sp³-hybridized carbons (Fsp3) is 0.815. The fourth-order valence-electron chi connectivity index (χ4n) is 4.12. The SMILES string of the molecule is CCCCCCCCCCCCCCCCOc1coc(COC2CCCCO2)cc1=O. The molecule has 1 atom stereocenters. The second-order valence-electron chi connectivity index (χ2n) is 9.13. The summed E-state index contributed by atoms with van der Waals surface area (Å²) in [6.07, 6.45) is 22.9. The zero-order valence-corrected chi connectivity index (χ0v) is 20.4. The van der Waals surface area contributed by atoms with Gasteiger partial charge in [0.05, 0.1) is 6.61 Å². The summed E-state index contributed by atoms with van der Waals surface area (Å²) in [5, 5.41) is 0. The molecule has 32 heavy (non-hydrogen) atoms. The highest BCUT2D eigenvalue weighted by atomic mass is 16.7. The highest BCUT2D eigenvalue weighted by Gasteiger charge is 2.15. The van der Waals surface area contributed by atoms with Crippen molar-refractivity contribution in [3.63, 3.8) is 0 Å². The zero-order valence-electron chi connectivity index (χ0n) is 20.4. The van der Waals surface area contributed by atoms with E-state index in [2.05, 4.69) is 6.92 Å². The van der Waals surface area contributed by atoms with Gasteiger partial charge < -0.3 is 18.6 Å². The summed E-state index contributed by atoms with van der Waals surface area (Å²) in [7, 11) is 0.